The van der Waals surface area contributed by atoms with Gasteiger partial charge < -0.3 is 24.4 Å². The summed E-state index contributed by atoms with van der Waals surface area (Å²) in [4.78, 5) is 0. The van der Waals surface area contributed by atoms with E-state index in [2.05, 4.69) is 41.5 Å². The summed E-state index contributed by atoms with van der Waals surface area (Å²) in [6.07, 6.45) is 21.9. The van der Waals surface area contributed by atoms with Crippen LogP contribution in [0.25, 0.3) is 0 Å². The molecule has 0 bridgehead atoms. The van der Waals surface area contributed by atoms with E-state index in [-0.39, 0.29) is 24.8 Å². The van der Waals surface area contributed by atoms with Gasteiger partial charge in [0, 0.05) is 13.2 Å². The van der Waals surface area contributed by atoms with Gasteiger partial charge in [0.05, 0.1) is 12.2 Å². The van der Waals surface area contributed by atoms with Crippen molar-refractivity contribution in [1.29, 1.82) is 0 Å². The van der Waals surface area contributed by atoms with Crippen LogP contribution in [-0.2, 0) is 14.2 Å². The van der Waals surface area contributed by atoms with Crippen molar-refractivity contribution in [3.63, 3.8) is 0 Å². The standard InChI is InChI=1S/C38H78O5/c1-9-11-13-15-17-25-41-37(23-19-21-31(3)27-33(5)29-35(7)39)43-38(42-26-18-16-14-12-10-2)24-20-22-32(4)28-34(6)30-36(8)40/h31-40H,9-30H2,1-8H3. The molecule has 8 unspecified atom stereocenters. The maximum Gasteiger partial charge on any atom is 0.160 e. The lowest BCUT2D eigenvalue weighted by molar-refractivity contribution is -0.250. The highest BCUT2D eigenvalue weighted by Gasteiger charge is 2.20. The molecule has 0 saturated carbocycles. The largest absolute Gasteiger partial charge is 0.393 e. The highest BCUT2D eigenvalue weighted by Crippen LogP contribution is 2.25. The molecule has 0 amide bonds. The van der Waals surface area contributed by atoms with E-state index in [1.165, 1.54) is 51.4 Å². The molecule has 0 aliphatic heterocycles. The lowest BCUT2D eigenvalue weighted by Gasteiger charge is -2.27. The second-order valence-electron chi connectivity index (χ2n) is 14.5. The molecule has 0 heterocycles. The highest BCUT2D eigenvalue weighted by atomic mass is 16.8. The van der Waals surface area contributed by atoms with Gasteiger partial charge in [-0.2, -0.15) is 0 Å². The van der Waals surface area contributed by atoms with E-state index in [4.69, 9.17) is 14.2 Å². The van der Waals surface area contributed by atoms with E-state index in [0.717, 1.165) is 90.3 Å². The van der Waals surface area contributed by atoms with Crippen molar-refractivity contribution in [1.82, 2.24) is 0 Å². The number of hydrogen-bond donors (Lipinski definition) is 2. The average molecular weight is 615 g/mol. The minimum absolute atomic E-state index is 0.207. The molecular weight excluding hydrogens is 536 g/mol. The van der Waals surface area contributed by atoms with Crippen molar-refractivity contribution >= 4 is 0 Å². The topological polar surface area (TPSA) is 68.2 Å². The van der Waals surface area contributed by atoms with E-state index < -0.39 is 0 Å². The quantitative estimate of drug-likeness (QED) is 0.0583. The van der Waals surface area contributed by atoms with Crippen molar-refractivity contribution in [3.8, 4) is 0 Å². The van der Waals surface area contributed by atoms with Crippen molar-refractivity contribution in [2.45, 2.75) is 209 Å². The summed E-state index contributed by atoms with van der Waals surface area (Å²) in [6, 6.07) is 0. The summed E-state index contributed by atoms with van der Waals surface area (Å²) >= 11 is 0. The Morgan fingerprint density at radius 2 is 0.791 bits per heavy atom. The van der Waals surface area contributed by atoms with Gasteiger partial charge in [0.2, 0.25) is 0 Å². The zero-order valence-corrected chi connectivity index (χ0v) is 30.3. The predicted molar refractivity (Wildman–Crippen MR) is 184 cm³/mol. The average Bonchev–Trinajstić information content (AvgIpc) is 2.91. The molecule has 0 spiro atoms. The van der Waals surface area contributed by atoms with Gasteiger partial charge in [-0.25, -0.2) is 0 Å². The van der Waals surface area contributed by atoms with Crippen LogP contribution >= 0.6 is 0 Å². The minimum Gasteiger partial charge on any atom is -0.393 e. The highest BCUT2D eigenvalue weighted by molar-refractivity contribution is 4.65. The van der Waals surface area contributed by atoms with E-state index in [9.17, 15) is 10.2 Å². The lowest BCUT2D eigenvalue weighted by atomic mass is 9.90. The Balaban J connectivity index is 5.04. The molecule has 0 aromatic rings. The second-order valence-corrected chi connectivity index (χ2v) is 14.5. The Kier molecular flexibility index (Phi) is 29.1. The third kappa shape index (κ3) is 29.0. The van der Waals surface area contributed by atoms with Gasteiger partial charge in [0.25, 0.3) is 0 Å². The van der Waals surface area contributed by atoms with Crippen molar-refractivity contribution < 1.29 is 24.4 Å². The van der Waals surface area contributed by atoms with Gasteiger partial charge >= 0.3 is 0 Å². The molecule has 0 rings (SSSR count). The monoisotopic (exact) mass is 615 g/mol. The predicted octanol–water partition coefficient (Wildman–Crippen LogP) is 10.8. The zero-order valence-electron chi connectivity index (χ0n) is 30.3. The lowest BCUT2D eigenvalue weighted by Crippen LogP contribution is -2.28. The van der Waals surface area contributed by atoms with Gasteiger partial charge in [-0.3, -0.25) is 0 Å². The number of rotatable bonds is 32. The molecule has 0 aromatic heterocycles. The molecule has 0 saturated heterocycles. The summed E-state index contributed by atoms with van der Waals surface area (Å²) in [7, 11) is 0. The number of aliphatic hydroxyl groups excluding tert-OH is 2. The number of ether oxygens (including phenoxy) is 3. The van der Waals surface area contributed by atoms with Crippen molar-refractivity contribution in [2.75, 3.05) is 13.2 Å². The van der Waals surface area contributed by atoms with Crippen LogP contribution in [-0.4, -0.2) is 48.2 Å². The van der Waals surface area contributed by atoms with Gasteiger partial charge in [-0.05, 0) is 102 Å². The molecule has 2 N–H and O–H groups in total. The summed E-state index contributed by atoms with van der Waals surface area (Å²) in [5.41, 5.74) is 0. The zero-order chi connectivity index (χ0) is 32.3. The number of aliphatic hydroxyl groups is 2. The van der Waals surface area contributed by atoms with E-state index in [1.54, 1.807) is 0 Å². The maximum atomic E-state index is 9.74. The Bertz CT molecular complexity index is 521. The molecule has 0 aromatic carbocycles. The van der Waals surface area contributed by atoms with Crippen LogP contribution in [0.1, 0.15) is 184 Å². The maximum absolute atomic E-state index is 9.74. The molecule has 0 aliphatic rings. The number of hydrogen-bond acceptors (Lipinski definition) is 5. The Labute approximate surface area is 269 Å². The fourth-order valence-corrected chi connectivity index (χ4v) is 6.62. The summed E-state index contributed by atoms with van der Waals surface area (Å²) in [5.74, 6) is 2.37. The Morgan fingerprint density at radius 1 is 0.419 bits per heavy atom. The molecule has 8 atom stereocenters. The smallest absolute Gasteiger partial charge is 0.160 e. The first kappa shape index (κ1) is 42.8. The van der Waals surface area contributed by atoms with E-state index in [0.29, 0.717) is 23.7 Å². The fourth-order valence-electron chi connectivity index (χ4n) is 6.62. The van der Waals surface area contributed by atoms with Crippen LogP contribution in [0.15, 0.2) is 0 Å². The van der Waals surface area contributed by atoms with Gasteiger partial charge in [0.15, 0.2) is 12.6 Å². The normalized spacial score (nSPS) is 17.7. The van der Waals surface area contributed by atoms with Crippen molar-refractivity contribution in [3.05, 3.63) is 0 Å². The van der Waals surface area contributed by atoms with Gasteiger partial charge in [-0.1, -0.05) is 106 Å². The Hall–Kier alpha value is -0.200. The minimum atomic E-state index is -0.218. The van der Waals surface area contributed by atoms with E-state index >= 15 is 0 Å². The van der Waals surface area contributed by atoms with Crippen LogP contribution in [0.2, 0.25) is 0 Å². The fraction of sp³-hybridized carbons (Fsp3) is 1.00. The summed E-state index contributed by atoms with van der Waals surface area (Å²) in [5, 5.41) is 19.5. The van der Waals surface area contributed by atoms with Crippen molar-refractivity contribution in [2.24, 2.45) is 23.7 Å². The number of unbranched alkanes of at least 4 members (excludes halogenated alkanes) is 8. The SMILES string of the molecule is CCCCCCCOC(CCCC(C)CC(C)CC(C)O)OC(CCCC(C)CC(C)CC(C)O)OCCCCCCC. The first-order valence-corrected chi connectivity index (χ1v) is 18.8. The first-order valence-electron chi connectivity index (χ1n) is 18.8. The molecule has 5 nitrogen and oxygen atoms in total. The Morgan fingerprint density at radius 3 is 1.14 bits per heavy atom. The molecule has 0 radical (unpaired) electrons. The molecule has 0 fully saturated rings. The summed E-state index contributed by atoms with van der Waals surface area (Å²) < 4.78 is 19.4. The molecular formula is C38H78O5. The third-order valence-electron chi connectivity index (χ3n) is 8.78. The first-order chi connectivity index (χ1) is 20.6. The second kappa shape index (κ2) is 29.2. The van der Waals surface area contributed by atoms with Crippen LogP contribution in [0, 0.1) is 23.7 Å². The summed E-state index contributed by atoms with van der Waals surface area (Å²) in [6.45, 7) is 19.0. The molecule has 0 aliphatic carbocycles. The molecule has 43 heavy (non-hydrogen) atoms. The van der Waals surface area contributed by atoms with Gasteiger partial charge in [0.1, 0.15) is 0 Å². The van der Waals surface area contributed by atoms with E-state index in [1.807, 2.05) is 13.8 Å². The molecule has 260 valence electrons. The molecule has 5 heteroatoms. The van der Waals surface area contributed by atoms with Gasteiger partial charge in [-0.15, -0.1) is 0 Å². The van der Waals surface area contributed by atoms with Crippen LogP contribution in [0.3, 0.4) is 0 Å². The van der Waals surface area contributed by atoms with Crippen LogP contribution < -0.4 is 0 Å². The van der Waals surface area contributed by atoms with Crippen LogP contribution in [0.5, 0.6) is 0 Å². The third-order valence-corrected chi connectivity index (χ3v) is 8.78. The van der Waals surface area contributed by atoms with Crippen LogP contribution in [0.4, 0.5) is 0 Å².